The summed E-state index contributed by atoms with van der Waals surface area (Å²) in [5, 5.41) is 6.75. The highest BCUT2D eigenvalue weighted by atomic mass is 32.1. The van der Waals surface area contributed by atoms with Gasteiger partial charge < -0.3 is 10.1 Å². The fourth-order valence-corrected chi connectivity index (χ4v) is 6.50. The molecule has 0 unspecified atom stereocenters. The molecule has 12 heteroatoms. The monoisotopic (exact) mass is 545 g/mol. The lowest BCUT2D eigenvalue weighted by Crippen LogP contribution is -2.40. The van der Waals surface area contributed by atoms with E-state index in [2.05, 4.69) is 10.4 Å². The average Bonchev–Trinajstić information content (AvgIpc) is 3.31. The molecule has 2 aliphatic rings. The van der Waals surface area contributed by atoms with Gasteiger partial charge in [-0.2, -0.15) is 5.10 Å². The van der Waals surface area contributed by atoms with Gasteiger partial charge in [-0.3, -0.25) is 9.48 Å². The number of carbonyl (C=O) groups excluding carboxylic acids is 2. The van der Waals surface area contributed by atoms with Crippen LogP contribution in [-0.4, -0.2) is 39.1 Å². The topological polar surface area (TPSA) is 73.2 Å². The Morgan fingerprint density at radius 2 is 2.08 bits per heavy atom. The fraction of sp³-hybridized carbons (Fsp3) is 0.583. The molecular weight excluding hydrogens is 518 g/mol. The van der Waals surface area contributed by atoms with Crippen molar-refractivity contribution in [3.63, 3.8) is 0 Å². The zero-order valence-corrected chi connectivity index (χ0v) is 21.5. The van der Waals surface area contributed by atoms with Crippen LogP contribution in [0.2, 0.25) is 0 Å². The molecule has 36 heavy (non-hydrogen) atoms. The molecule has 2 heterocycles. The maximum atomic E-state index is 13.2. The number of fused-ring (bicyclic) bond motifs is 1. The fourth-order valence-electron chi connectivity index (χ4n) is 4.81. The van der Waals surface area contributed by atoms with Gasteiger partial charge in [0, 0.05) is 54.5 Å². The van der Waals surface area contributed by atoms with Crippen LogP contribution in [0.15, 0.2) is 6.07 Å². The zero-order valence-electron chi connectivity index (χ0n) is 19.9. The predicted molar refractivity (Wildman–Crippen MR) is 131 cm³/mol. The summed E-state index contributed by atoms with van der Waals surface area (Å²) in [5.74, 6) is -3.77. The van der Waals surface area contributed by atoms with Crippen LogP contribution in [0.5, 0.6) is 0 Å². The van der Waals surface area contributed by atoms with Crippen LogP contribution in [0.1, 0.15) is 70.4 Å². The highest BCUT2D eigenvalue weighted by Crippen LogP contribution is 2.44. The van der Waals surface area contributed by atoms with Crippen molar-refractivity contribution >= 4 is 46.1 Å². The molecule has 2 aromatic heterocycles. The molecule has 0 amide bonds. The summed E-state index contributed by atoms with van der Waals surface area (Å²) in [5.41, 5.74) is 0.878. The number of alkyl halides is 4. The number of thiophene rings is 1. The van der Waals surface area contributed by atoms with Gasteiger partial charge in [-0.25, -0.2) is 22.4 Å². The number of aromatic nitrogens is 2. The smallest absolute Gasteiger partial charge is 0.339 e. The van der Waals surface area contributed by atoms with Gasteiger partial charge in [0.15, 0.2) is 0 Å². The number of halogens is 4. The highest BCUT2D eigenvalue weighted by molar-refractivity contribution is 7.80. The van der Waals surface area contributed by atoms with Crippen LogP contribution in [0.4, 0.5) is 23.4 Å². The molecule has 2 aromatic rings. The summed E-state index contributed by atoms with van der Waals surface area (Å²) < 4.78 is 58.9. The molecule has 0 spiro atoms. The van der Waals surface area contributed by atoms with E-state index in [4.69, 9.17) is 17.0 Å². The zero-order chi connectivity index (χ0) is 26.2. The van der Waals surface area contributed by atoms with Gasteiger partial charge in [-0.1, -0.05) is 12.2 Å². The standard InChI is InChI=1S/C24H27F4N3O3S2/c1-3-34-23(33)21-14-6-12(7-20(35)29-19-8-15(22(25)26)30-31(19)2)4-5-17(14)36-18(21)9-16(32)13-10-24(27,28)11-13/h8,12-13,22H,3-7,9-11H2,1-2H3,(H,29,35)/t12-/m0/s1. The number of ether oxygens (including phenoxy) is 1. The Morgan fingerprint density at radius 1 is 1.36 bits per heavy atom. The quantitative estimate of drug-likeness (QED) is 0.248. The summed E-state index contributed by atoms with van der Waals surface area (Å²) in [6.45, 7) is 1.87. The molecule has 0 bridgehead atoms. The van der Waals surface area contributed by atoms with E-state index in [0.29, 0.717) is 40.5 Å². The number of hydrogen-bond acceptors (Lipinski definition) is 6. The second-order valence-electron chi connectivity index (χ2n) is 9.37. The van der Waals surface area contributed by atoms with Gasteiger partial charge in [0.2, 0.25) is 5.92 Å². The number of ketones is 1. The third-order valence-corrected chi connectivity index (χ3v) is 8.22. The summed E-state index contributed by atoms with van der Waals surface area (Å²) in [6.07, 6.45) is -1.09. The van der Waals surface area contributed by atoms with Crippen LogP contribution < -0.4 is 5.32 Å². The van der Waals surface area contributed by atoms with E-state index in [1.807, 2.05) is 0 Å². The van der Waals surface area contributed by atoms with Crippen molar-refractivity contribution in [3.05, 3.63) is 32.6 Å². The maximum Gasteiger partial charge on any atom is 0.339 e. The van der Waals surface area contributed by atoms with Crippen LogP contribution in [0, 0.1) is 11.8 Å². The van der Waals surface area contributed by atoms with Gasteiger partial charge in [-0.15, -0.1) is 11.3 Å². The molecule has 1 N–H and O–H groups in total. The molecule has 0 aromatic carbocycles. The molecule has 196 valence electrons. The van der Waals surface area contributed by atoms with Crippen molar-refractivity contribution in [2.75, 3.05) is 11.9 Å². The van der Waals surface area contributed by atoms with E-state index in [0.717, 1.165) is 16.9 Å². The largest absolute Gasteiger partial charge is 0.462 e. The van der Waals surface area contributed by atoms with E-state index in [-0.39, 0.29) is 30.4 Å². The number of esters is 1. The molecule has 0 radical (unpaired) electrons. The predicted octanol–water partition coefficient (Wildman–Crippen LogP) is 5.69. The summed E-state index contributed by atoms with van der Waals surface area (Å²) in [4.78, 5) is 27.5. The number of anilines is 1. The van der Waals surface area contributed by atoms with Crippen molar-refractivity contribution in [2.24, 2.45) is 18.9 Å². The van der Waals surface area contributed by atoms with Crippen molar-refractivity contribution in [2.45, 2.75) is 64.2 Å². The molecular formula is C24H27F4N3O3S2. The molecule has 1 fully saturated rings. The van der Waals surface area contributed by atoms with Crippen molar-refractivity contribution in [1.29, 1.82) is 0 Å². The lowest BCUT2D eigenvalue weighted by atomic mass is 9.77. The highest BCUT2D eigenvalue weighted by Gasteiger charge is 2.48. The number of Topliss-reactive ketones (excluding diaryl/α,β-unsaturated/α-hetero) is 1. The first kappa shape index (κ1) is 26.7. The molecule has 1 atom stereocenters. The van der Waals surface area contributed by atoms with Gasteiger partial charge >= 0.3 is 5.97 Å². The minimum Gasteiger partial charge on any atom is -0.462 e. The van der Waals surface area contributed by atoms with E-state index in [9.17, 15) is 27.2 Å². The van der Waals surface area contributed by atoms with Crippen LogP contribution in [-0.2, 0) is 35.8 Å². The van der Waals surface area contributed by atoms with E-state index in [1.165, 1.54) is 22.1 Å². The minimum atomic E-state index is -2.78. The van der Waals surface area contributed by atoms with Gasteiger partial charge in [0.25, 0.3) is 6.43 Å². The van der Waals surface area contributed by atoms with Crippen LogP contribution in [0.25, 0.3) is 0 Å². The number of thiocarbonyl (C=S) groups is 1. The average molecular weight is 546 g/mol. The Morgan fingerprint density at radius 3 is 2.69 bits per heavy atom. The molecule has 0 saturated heterocycles. The Kier molecular flexibility index (Phi) is 7.84. The third kappa shape index (κ3) is 5.80. The Hall–Kier alpha value is -2.34. The van der Waals surface area contributed by atoms with E-state index >= 15 is 0 Å². The summed E-state index contributed by atoms with van der Waals surface area (Å²) in [6, 6.07) is 1.26. The Labute approximate surface area is 215 Å². The van der Waals surface area contributed by atoms with Gasteiger partial charge in [0.05, 0.1) is 17.2 Å². The normalized spacial score (nSPS) is 19.0. The lowest BCUT2D eigenvalue weighted by Gasteiger charge is -2.33. The Bertz CT molecular complexity index is 1170. The molecule has 0 aliphatic heterocycles. The number of rotatable bonds is 9. The number of carbonyl (C=O) groups is 2. The van der Waals surface area contributed by atoms with E-state index < -0.39 is 37.1 Å². The molecule has 1 saturated carbocycles. The molecule has 4 rings (SSSR count). The number of nitrogens with one attached hydrogen (secondary N) is 1. The first-order valence-corrected chi connectivity index (χ1v) is 13.0. The van der Waals surface area contributed by atoms with Crippen molar-refractivity contribution < 1.29 is 31.9 Å². The molecule has 2 aliphatic carbocycles. The first-order chi connectivity index (χ1) is 17.0. The summed E-state index contributed by atoms with van der Waals surface area (Å²) in [7, 11) is 1.55. The van der Waals surface area contributed by atoms with E-state index in [1.54, 1.807) is 14.0 Å². The number of nitrogens with zero attached hydrogens (tertiary/aromatic N) is 2. The SMILES string of the molecule is CCOC(=O)c1c(CC(=O)C2CC(F)(F)C2)sc2c1C[C@@H](CC(=S)Nc1cc(C(F)F)nn1C)CC2. The van der Waals surface area contributed by atoms with Crippen molar-refractivity contribution in [1.82, 2.24) is 9.78 Å². The maximum absolute atomic E-state index is 13.2. The first-order valence-electron chi connectivity index (χ1n) is 11.8. The Balaban J connectivity index is 1.47. The van der Waals surface area contributed by atoms with Crippen molar-refractivity contribution in [3.8, 4) is 0 Å². The second kappa shape index (κ2) is 10.6. The second-order valence-corrected chi connectivity index (χ2v) is 11.0. The molecule has 6 nitrogen and oxygen atoms in total. The van der Waals surface area contributed by atoms with Crippen LogP contribution in [0.3, 0.4) is 0 Å². The third-order valence-electron chi connectivity index (χ3n) is 6.66. The minimum absolute atomic E-state index is 0.0514. The lowest BCUT2D eigenvalue weighted by molar-refractivity contribution is -0.147. The summed E-state index contributed by atoms with van der Waals surface area (Å²) >= 11 is 6.86. The number of hydrogen-bond donors (Lipinski definition) is 1. The van der Waals surface area contributed by atoms with Gasteiger partial charge in [-0.05, 0) is 37.7 Å². The van der Waals surface area contributed by atoms with Gasteiger partial charge in [0.1, 0.15) is 17.3 Å². The number of aryl methyl sites for hydroxylation is 2. The van der Waals surface area contributed by atoms with Crippen LogP contribution >= 0.6 is 23.6 Å².